The Balaban J connectivity index is 1.04. The number of unbranched alkanes of at least 4 members (excludes halogenated alkanes) is 1. The first-order valence-corrected chi connectivity index (χ1v) is 20.9. The number of likely N-dealkylation sites (tertiary alicyclic amines) is 2. The summed E-state index contributed by atoms with van der Waals surface area (Å²) in [4.78, 5) is 35.3. The molecule has 4 saturated heterocycles. The molecule has 4 aliphatic heterocycles. The smallest absolute Gasteiger partial charge is 0.239 e. The molecule has 5 heterocycles. The Morgan fingerprint density at radius 3 is 2.04 bits per heavy atom. The van der Waals surface area contributed by atoms with Crippen molar-refractivity contribution in [2.75, 3.05) is 38.7 Å². The van der Waals surface area contributed by atoms with E-state index in [2.05, 4.69) is 0 Å². The third-order valence-corrected chi connectivity index (χ3v) is 13.9. The first-order valence-electron chi connectivity index (χ1n) is 16.3. The van der Waals surface area contributed by atoms with Gasteiger partial charge in [0, 0.05) is 61.2 Å². The van der Waals surface area contributed by atoms with Gasteiger partial charge in [-0.2, -0.15) is 8.61 Å². The van der Waals surface area contributed by atoms with Gasteiger partial charge in [0.25, 0.3) is 0 Å². The standard InChI is InChI=1S/C31H45N7O6S3/c1-46(41,42)37-17-14-25-26(37)12-15-35(25)30(39)22(32)10-6-7-11-23(33)31(40)36-16-13-27-28(36)21(18-38(27)47(2,43)44)29-34-24(19-45-29)20-8-4-3-5-9-20/h3-5,8-9,19,21-23,25-28H,6-7,10-18,32-33H2,1-2H3. The minimum Gasteiger partial charge on any atom is -0.337 e. The van der Waals surface area contributed by atoms with E-state index < -0.39 is 32.1 Å². The summed E-state index contributed by atoms with van der Waals surface area (Å²) in [5.41, 5.74) is 14.6. The van der Waals surface area contributed by atoms with E-state index in [1.165, 1.54) is 32.5 Å². The van der Waals surface area contributed by atoms with Gasteiger partial charge in [-0.25, -0.2) is 21.8 Å². The van der Waals surface area contributed by atoms with Crippen molar-refractivity contribution in [1.29, 1.82) is 0 Å². The van der Waals surface area contributed by atoms with Crippen molar-refractivity contribution in [3.8, 4) is 11.3 Å². The van der Waals surface area contributed by atoms with Crippen LogP contribution in [0.3, 0.4) is 0 Å². The zero-order valence-electron chi connectivity index (χ0n) is 26.8. The molecule has 258 valence electrons. The summed E-state index contributed by atoms with van der Waals surface area (Å²) in [5.74, 6) is -0.608. The lowest BCUT2D eigenvalue weighted by Gasteiger charge is -2.30. The summed E-state index contributed by atoms with van der Waals surface area (Å²) in [6, 6.07) is 7.36. The van der Waals surface area contributed by atoms with E-state index in [0.29, 0.717) is 64.6 Å². The Kier molecular flexibility index (Phi) is 9.84. The first-order chi connectivity index (χ1) is 22.3. The molecule has 13 nitrogen and oxygen atoms in total. The molecule has 4 aliphatic rings. The SMILES string of the molecule is CS(=O)(=O)N1CCC2C1CCN2C(=O)C(N)CCCCC(N)C(=O)N1CCC2C1C(c1nc(-c3ccccc3)cs1)CN2S(C)(=O)=O. The molecule has 16 heteroatoms. The predicted octanol–water partition coefficient (Wildman–Crippen LogP) is 0.988. The normalized spacial score (nSPS) is 28.0. The Bertz CT molecular complexity index is 1690. The molecule has 4 N–H and O–H groups in total. The number of thiazole rings is 1. The van der Waals surface area contributed by atoms with Crippen LogP contribution in [0.5, 0.6) is 0 Å². The number of carbonyl (C=O) groups is 2. The number of sulfonamides is 2. The number of hydrogen-bond acceptors (Lipinski definition) is 10. The van der Waals surface area contributed by atoms with Gasteiger partial charge in [0.15, 0.2) is 0 Å². The van der Waals surface area contributed by atoms with E-state index in [0.717, 1.165) is 16.3 Å². The van der Waals surface area contributed by atoms with Crippen LogP contribution in [0.15, 0.2) is 35.7 Å². The lowest BCUT2D eigenvalue weighted by molar-refractivity contribution is -0.134. The van der Waals surface area contributed by atoms with Crippen LogP contribution in [0.25, 0.3) is 11.3 Å². The van der Waals surface area contributed by atoms with Gasteiger partial charge in [0.1, 0.15) is 0 Å². The van der Waals surface area contributed by atoms with Gasteiger partial charge in [-0.1, -0.05) is 43.2 Å². The third kappa shape index (κ3) is 6.87. The summed E-state index contributed by atoms with van der Waals surface area (Å²) in [6.07, 6.45) is 6.28. The van der Waals surface area contributed by atoms with Crippen LogP contribution >= 0.6 is 11.3 Å². The molecule has 0 spiro atoms. The largest absolute Gasteiger partial charge is 0.337 e. The molecule has 0 saturated carbocycles. The van der Waals surface area contributed by atoms with Crippen LogP contribution in [0.1, 0.15) is 55.9 Å². The lowest BCUT2D eigenvalue weighted by Crippen LogP contribution is -2.49. The fraction of sp³-hybridized carbons (Fsp3) is 0.645. The monoisotopic (exact) mass is 707 g/mol. The number of rotatable bonds is 11. The maximum atomic E-state index is 13.7. The van der Waals surface area contributed by atoms with Crippen molar-refractivity contribution in [1.82, 2.24) is 23.4 Å². The maximum absolute atomic E-state index is 13.7. The average molecular weight is 708 g/mol. The highest BCUT2D eigenvalue weighted by molar-refractivity contribution is 7.88. The fourth-order valence-corrected chi connectivity index (χ4v) is 11.4. The summed E-state index contributed by atoms with van der Waals surface area (Å²) in [5, 5.41) is 2.79. The minimum absolute atomic E-state index is 0.133. The van der Waals surface area contributed by atoms with Crippen LogP contribution in [0.2, 0.25) is 0 Å². The van der Waals surface area contributed by atoms with E-state index in [1.807, 2.05) is 35.7 Å². The number of hydrogen-bond donors (Lipinski definition) is 2. The first kappa shape index (κ1) is 34.4. The molecule has 7 unspecified atom stereocenters. The fourth-order valence-electron chi connectivity index (χ4n) is 8.13. The lowest BCUT2D eigenvalue weighted by atomic mass is 9.98. The third-order valence-electron chi connectivity index (χ3n) is 10.3. The molecule has 2 aromatic rings. The Labute approximate surface area is 281 Å². The highest BCUT2D eigenvalue weighted by Gasteiger charge is 2.54. The number of nitrogens with two attached hydrogens (primary N) is 2. The molecular formula is C31H45N7O6S3. The van der Waals surface area contributed by atoms with Gasteiger partial charge in [-0.15, -0.1) is 11.3 Å². The van der Waals surface area contributed by atoms with Crippen molar-refractivity contribution in [2.24, 2.45) is 11.5 Å². The van der Waals surface area contributed by atoms with Crippen molar-refractivity contribution < 1.29 is 26.4 Å². The second kappa shape index (κ2) is 13.4. The zero-order valence-corrected chi connectivity index (χ0v) is 29.3. The molecule has 0 bridgehead atoms. The number of aromatic nitrogens is 1. The molecule has 47 heavy (non-hydrogen) atoms. The number of nitrogens with zero attached hydrogens (tertiary/aromatic N) is 5. The molecule has 6 rings (SSSR count). The van der Waals surface area contributed by atoms with Gasteiger partial charge in [-0.05, 0) is 32.1 Å². The van der Waals surface area contributed by atoms with Gasteiger partial charge in [-0.3, -0.25) is 9.59 Å². The summed E-state index contributed by atoms with van der Waals surface area (Å²) >= 11 is 1.49. The minimum atomic E-state index is -3.50. The van der Waals surface area contributed by atoms with Crippen LogP contribution in [-0.2, 0) is 29.6 Å². The van der Waals surface area contributed by atoms with Gasteiger partial charge < -0.3 is 21.3 Å². The topological polar surface area (TPSA) is 180 Å². The van der Waals surface area contributed by atoms with E-state index in [1.54, 1.807) is 9.80 Å². The number of amides is 2. The number of fused-ring (bicyclic) bond motifs is 2. The van der Waals surface area contributed by atoms with Crippen molar-refractivity contribution in [3.05, 3.63) is 40.7 Å². The summed E-state index contributed by atoms with van der Waals surface area (Å²) in [7, 11) is -6.81. The summed E-state index contributed by atoms with van der Waals surface area (Å²) < 4.78 is 52.8. The Morgan fingerprint density at radius 2 is 1.40 bits per heavy atom. The molecule has 2 amide bonds. The molecule has 0 radical (unpaired) electrons. The van der Waals surface area contributed by atoms with Gasteiger partial charge >= 0.3 is 0 Å². The van der Waals surface area contributed by atoms with E-state index >= 15 is 0 Å². The second-order valence-corrected chi connectivity index (χ2v) is 18.1. The van der Waals surface area contributed by atoms with Crippen LogP contribution < -0.4 is 11.5 Å². The van der Waals surface area contributed by atoms with Crippen molar-refractivity contribution in [2.45, 2.75) is 87.1 Å². The van der Waals surface area contributed by atoms with E-state index in [9.17, 15) is 26.4 Å². The van der Waals surface area contributed by atoms with Crippen LogP contribution in [0, 0.1) is 0 Å². The Morgan fingerprint density at radius 1 is 0.830 bits per heavy atom. The Hall–Kier alpha value is -2.47. The summed E-state index contributed by atoms with van der Waals surface area (Å²) in [6.45, 7) is 1.61. The molecule has 4 fully saturated rings. The highest BCUT2D eigenvalue weighted by Crippen LogP contribution is 2.44. The number of carbonyl (C=O) groups excluding carboxylic acids is 2. The molecule has 1 aromatic heterocycles. The molecular weight excluding hydrogens is 663 g/mol. The average Bonchev–Trinajstić information content (AvgIpc) is 3.84. The van der Waals surface area contributed by atoms with Gasteiger partial charge in [0.05, 0.1) is 41.3 Å². The molecule has 7 atom stereocenters. The van der Waals surface area contributed by atoms with Crippen molar-refractivity contribution >= 4 is 43.2 Å². The van der Waals surface area contributed by atoms with Gasteiger partial charge in [0.2, 0.25) is 31.9 Å². The van der Waals surface area contributed by atoms with Crippen LogP contribution in [0.4, 0.5) is 0 Å². The van der Waals surface area contributed by atoms with E-state index in [-0.39, 0.29) is 48.4 Å². The van der Waals surface area contributed by atoms with Crippen LogP contribution in [-0.4, -0.2) is 127 Å². The van der Waals surface area contributed by atoms with E-state index in [4.69, 9.17) is 16.5 Å². The molecule has 1 aromatic carbocycles. The predicted molar refractivity (Wildman–Crippen MR) is 180 cm³/mol. The number of benzene rings is 1. The maximum Gasteiger partial charge on any atom is 0.239 e. The molecule has 0 aliphatic carbocycles. The highest BCUT2D eigenvalue weighted by atomic mass is 32.2. The quantitative estimate of drug-likeness (QED) is 0.322. The second-order valence-electron chi connectivity index (χ2n) is 13.4. The van der Waals surface area contributed by atoms with Crippen molar-refractivity contribution in [3.63, 3.8) is 0 Å². The zero-order chi connectivity index (χ0) is 33.7.